The van der Waals surface area contributed by atoms with Crippen LogP contribution in [0.4, 0.5) is 8.78 Å². The van der Waals surface area contributed by atoms with Crippen molar-refractivity contribution in [3.63, 3.8) is 0 Å². The molecule has 0 spiro atoms. The van der Waals surface area contributed by atoms with Crippen LogP contribution in [0.5, 0.6) is 0 Å². The normalized spacial score (nSPS) is 13.1. The van der Waals surface area contributed by atoms with Gasteiger partial charge in [-0.2, -0.15) is 4.39 Å². The molecule has 2 N–H and O–H groups in total. The summed E-state index contributed by atoms with van der Waals surface area (Å²) < 4.78 is 25.1. The van der Waals surface area contributed by atoms with Gasteiger partial charge < -0.3 is 5.73 Å². The van der Waals surface area contributed by atoms with E-state index in [0.717, 1.165) is 12.3 Å². The van der Waals surface area contributed by atoms with Gasteiger partial charge in [0.2, 0.25) is 5.95 Å². The molecule has 11 heavy (non-hydrogen) atoms. The molecule has 0 bridgehead atoms. The van der Waals surface area contributed by atoms with Crippen LogP contribution in [0.1, 0.15) is 18.5 Å². The molecule has 0 saturated carbocycles. The quantitative estimate of drug-likeness (QED) is 0.627. The molecule has 2 nitrogen and oxygen atoms in total. The standard InChI is InChI=1S/C7H8F2N2/c1-4(10)6-2-5(8)3-11-7(6)9/h2-4H,10H2,1H3/t4-/m0/s1. The summed E-state index contributed by atoms with van der Waals surface area (Å²) in [6.07, 6.45) is 0.821. The third kappa shape index (κ3) is 1.71. The molecule has 1 atom stereocenters. The average molecular weight is 158 g/mol. The van der Waals surface area contributed by atoms with E-state index in [1.54, 1.807) is 6.92 Å². The van der Waals surface area contributed by atoms with Crippen LogP contribution < -0.4 is 5.73 Å². The van der Waals surface area contributed by atoms with Gasteiger partial charge in [-0.3, -0.25) is 0 Å². The lowest BCUT2D eigenvalue weighted by Crippen LogP contribution is -2.08. The largest absolute Gasteiger partial charge is 0.324 e. The molecule has 0 unspecified atom stereocenters. The zero-order valence-electron chi connectivity index (χ0n) is 6.01. The van der Waals surface area contributed by atoms with Gasteiger partial charge in [-0.25, -0.2) is 9.37 Å². The molecule has 0 fully saturated rings. The zero-order valence-corrected chi connectivity index (χ0v) is 6.01. The maximum atomic E-state index is 12.7. The summed E-state index contributed by atoms with van der Waals surface area (Å²) >= 11 is 0. The Labute approximate surface area is 63.1 Å². The van der Waals surface area contributed by atoms with E-state index >= 15 is 0 Å². The molecule has 0 saturated heterocycles. The van der Waals surface area contributed by atoms with Crippen molar-refractivity contribution in [2.45, 2.75) is 13.0 Å². The summed E-state index contributed by atoms with van der Waals surface area (Å²) in [7, 11) is 0. The second-order valence-electron chi connectivity index (χ2n) is 2.32. The molecule has 1 aromatic heterocycles. The first kappa shape index (κ1) is 8.07. The van der Waals surface area contributed by atoms with Crippen LogP contribution in [0.15, 0.2) is 12.3 Å². The van der Waals surface area contributed by atoms with Crippen molar-refractivity contribution in [1.29, 1.82) is 0 Å². The number of aromatic nitrogens is 1. The Kier molecular flexibility index (Phi) is 2.14. The molecule has 60 valence electrons. The van der Waals surface area contributed by atoms with Crippen molar-refractivity contribution in [3.8, 4) is 0 Å². The Morgan fingerprint density at radius 1 is 1.55 bits per heavy atom. The van der Waals surface area contributed by atoms with E-state index in [4.69, 9.17) is 5.73 Å². The molecule has 0 aliphatic rings. The molecular formula is C7H8F2N2. The molecule has 1 rings (SSSR count). The van der Waals surface area contributed by atoms with Gasteiger partial charge in [-0.05, 0) is 13.0 Å². The fourth-order valence-corrected chi connectivity index (χ4v) is 0.758. The Bertz CT molecular complexity index is 261. The lowest BCUT2D eigenvalue weighted by atomic mass is 10.1. The third-order valence-corrected chi connectivity index (χ3v) is 1.32. The van der Waals surface area contributed by atoms with Crippen LogP contribution >= 0.6 is 0 Å². The second-order valence-corrected chi connectivity index (χ2v) is 2.32. The van der Waals surface area contributed by atoms with Gasteiger partial charge in [0.1, 0.15) is 5.82 Å². The van der Waals surface area contributed by atoms with Gasteiger partial charge in [-0.1, -0.05) is 0 Å². The zero-order chi connectivity index (χ0) is 8.43. The number of nitrogens with zero attached hydrogens (tertiary/aromatic N) is 1. The molecule has 4 heteroatoms. The van der Waals surface area contributed by atoms with Crippen molar-refractivity contribution in [2.75, 3.05) is 0 Å². The highest BCUT2D eigenvalue weighted by Crippen LogP contribution is 2.12. The lowest BCUT2D eigenvalue weighted by molar-refractivity contribution is 0.532. The van der Waals surface area contributed by atoms with E-state index < -0.39 is 17.8 Å². The Balaban J connectivity index is 3.13. The lowest BCUT2D eigenvalue weighted by Gasteiger charge is -2.04. The fraction of sp³-hybridized carbons (Fsp3) is 0.286. The molecule has 1 heterocycles. The van der Waals surface area contributed by atoms with Crippen molar-refractivity contribution in [2.24, 2.45) is 5.73 Å². The van der Waals surface area contributed by atoms with E-state index in [0.29, 0.717) is 0 Å². The van der Waals surface area contributed by atoms with E-state index in [1.807, 2.05) is 0 Å². The highest BCUT2D eigenvalue weighted by molar-refractivity contribution is 5.15. The van der Waals surface area contributed by atoms with E-state index in [9.17, 15) is 8.78 Å². The minimum atomic E-state index is -0.707. The number of hydrogen-bond donors (Lipinski definition) is 1. The average Bonchev–Trinajstić information content (AvgIpc) is 1.94. The van der Waals surface area contributed by atoms with Crippen molar-refractivity contribution in [1.82, 2.24) is 4.98 Å². The molecule has 0 radical (unpaired) electrons. The summed E-state index contributed by atoms with van der Waals surface area (Å²) in [5, 5.41) is 0. The SMILES string of the molecule is C[C@H](N)c1cc(F)cnc1F. The first-order chi connectivity index (χ1) is 5.11. The summed E-state index contributed by atoms with van der Waals surface area (Å²) in [6, 6.07) is 0.519. The Morgan fingerprint density at radius 3 is 2.64 bits per heavy atom. The van der Waals surface area contributed by atoms with E-state index in [-0.39, 0.29) is 5.56 Å². The number of rotatable bonds is 1. The smallest absolute Gasteiger partial charge is 0.217 e. The van der Waals surface area contributed by atoms with E-state index in [1.165, 1.54) is 0 Å². The summed E-state index contributed by atoms with van der Waals surface area (Å²) in [6.45, 7) is 1.57. The highest BCUT2D eigenvalue weighted by Gasteiger charge is 2.08. The summed E-state index contributed by atoms with van der Waals surface area (Å²) in [5.74, 6) is -1.28. The number of halogens is 2. The fourth-order valence-electron chi connectivity index (χ4n) is 0.758. The minimum absolute atomic E-state index is 0.102. The first-order valence-electron chi connectivity index (χ1n) is 3.18. The predicted octanol–water partition coefficient (Wildman–Crippen LogP) is 1.38. The topological polar surface area (TPSA) is 38.9 Å². The van der Waals surface area contributed by atoms with Crippen LogP contribution in [0, 0.1) is 11.8 Å². The van der Waals surface area contributed by atoms with Crippen LogP contribution in [0.3, 0.4) is 0 Å². The highest BCUT2D eigenvalue weighted by atomic mass is 19.1. The van der Waals surface area contributed by atoms with Gasteiger partial charge in [0.05, 0.1) is 6.20 Å². The number of nitrogens with two attached hydrogens (primary N) is 1. The van der Waals surface area contributed by atoms with Crippen molar-refractivity contribution >= 4 is 0 Å². The minimum Gasteiger partial charge on any atom is -0.324 e. The van der Waals surface area contributed by atoms with Gasteiger partial charge >= 0.3 is 0 Å². The maximum Gasteiger partial charge on any atom is 0.217 e. The first-order valence-corrected chi connectivity index (χ1v) is 3.18. The molecule has 0 aliphatic carbocycles. The summed E-state index contributed by atoms with van der Waals surface area (Å²) in [5.41, 5.74) is 5.44. The monoisotopic (exact) mass is 158 g/mol. The van der Waals surface area contributed by atoms with Gasteiger partial charge in [0.25, 0.3) is 0 Å². The van der Waals surface area contributed by atoms with Crippen LogP contribution in [-0.4, -0.2) is 4.98 Å². The van der Waals surface area contributed by atoms with Crippen molar-refractivity contribution in [3.05, 3.63) is 29.6 Å². The van der Waals surface area contributed by atoms with Gasteiger partial charge in [-0.15, -0.1) is 0 Å². The van der Waals surface area contributed by atoms with Gasteiger partial charge in [0.15, 0.2) is 0 Å². The van der Waals surface area contributed by atoms with Gasteiger partial charge in [0, 0.05) is 11.6 Å². The maximum absolute atomic E-state index is 12.7. The molecule has 0 aromatic carbocycles. The number of pyridine rings is 1. The molecule has 0 amide bonds. The summed E-state index contributed by atoms with van der Waals surface area (Å²) in [4.78, 5) is 3.18. The number of hydrogen-bond acceptors (Lipinski definition) is 2. The van der Waals surface area contributed by atoms with Crippen LogP contribution in [0.2, 0.25) is 0 Å². The molecule has 0 aliphatic heterocycles. The molecular weight excluding hydrogens is 150 g/mol. The molecule has 1 aromatic rings. The third-order valence-electron chi connectivity index (χ3n) is 1.32. The van der Waals surface area contributed by atoms with Crippen molar-refractivity contribution < 1.29 is 8.78 Å². The Morgan fingerprint density at radius 2 is 2.18 bits per heavy atom. The van der Waals surface area contributed by atoms with Crippen LogP contribution in [-0.2, 0) is 0 Å². The second kappa shape index (κ2) is 2.92. The van der Waals surface area contributed by atoms with Crippen LogP contribution in [0.25, 0.3) is 0 Å². The predicted molar refractivity (Wildman–Crippen MR) is 36.8 cm³/mol. The van der Waals surface area contributed by atoms with E-state index in [2.05, 4.69) is 4.98 Å². The Hall–Kier alpha value is -1.03.